The van der Waals surface area contributed by atoms with Gasteiger partial charge in [-0.1, -0.05) is 0 Å². The van der Waals surface area contributed by atoms with E-state index in [4.69, 9.17) is 0 Å². The maximum absolute atomic E-state index is 11.2. The number of nitrogens with zero attached hydrogens (tertiary/aromatic N) is 3. The molecule has 2 heterocycles. The van der Waals surface area contributed by atoms with E-state index in [1.165, 1.54) is 26.2 Å². The smallest absolute Gasteiger partial charge is 0.219 e. The Bertz CT molecular complexity index is 241. The Kier molecular flexibility index (Phi) is 3.82. The van der Waals surface area contributed by atoms with Gasteiger partial charge < -0.3 is 9.80 Å². The summed E-state index contributed by atoms with van der Waals surface area (Å²) in [5.74, 6) is 0.233. The van der Waals surface area contributed by atoms with Gasteiger partial charge in [0.15, 0.2) is 0 Å². The second-order valence-electron chi connectivity index (χ2n) is 5.08. The first-order valence-corrected chi connectivity index (χ1v) is 6.35. The van der Waals surface area contributed by atoms with Crippen LogP contribution in [0.3, 0.4) is 0 Å². The number of hydrogen-bond donors (Lipinski definition) is 0. The largest absolute Gasteiger partial charge is 0.343 e. The fourth-order valence-electron chi connectivity index (χ4n) is 2.73. The molecule has 4 heteroatoms. The molecule has 16 heavy (non-hydrogen) atoms. The molecule has 2 fully saturated rings. The highest BCUT2D eigenvalue weighted by atomic mass is 16.2. The van der Waals surface area contributed by atoms with Crippen LogP contribution in [0, 0.1) is 0 Å². The van der Waals surface area contributed by atoms with Crippen molar-refractivity contribution in [3.05, 3.63) is 0 Å². The van der Waals surface area contributed by atoms with Crippen LogP contribution in [0.1, 0.15) is 19.8 Å². The monoisotopic (exact) mass is 225 g/mol. The zero-order chi connectivity index (χ0) is 11.5. The quantitative estimate of drug-likeness (QED) is 0.640. The van der Waals surface area contributed by atoms with E-state index >= 15 is 0 Å². The van der Waals surface area contributed by atoms with E-state index in [0.29, 0.717) is 6.04 Å². The van der Waals surface area contributed by atoms with Crippen LogP contribution in [0.15, 0.2) is 0 Å². The first-order valence-electron chi connectivity index (χ1n) is 6.35. The van der Waals surface area contributed by atoms with Gasteiger partial charge in [-0.05, 0) is 19.9 Å². The van der Waals surface area contributed by atoms with Gasteiger partial charge in [-0.2, -0.15) is 0 Å². The van der Waals surface area contributed by atoms with Crippen molar-refractivity contribution in [3.8, 4) is 0 Å². The minimum Gasteiger partial charge on any atom is -0.343 e. The van der Waals surface area contributed by atoms with Gasteiger partial charge in [0.25, 0.3) is 0 Å². The SMILES string of the molecule is CC(=O)N1CCC(N2CCN(C)CC2)CC1. The second kappa shape index (κ2) is 5.15. The normalized spacial score (nSPS) is 26.0. The average Bonchev–Trinajstić information content (AvgIpc) is 2.30. The van der Waals surface area contributed by atoms with Gasteiger partial charge in [-0.15, -0.1) is 0 Å². The van der Waals surface area contributed by atoms with Crippen LogP contribution in [0.2, 0.25) is 0 Å². The van der Waals surface area contributed by atoms with Gasteiger partial charge in [0.05, 0.1) is 0 Å². The molecule has 0 bridgehead atoms. The summed E-state index contributed by atoms with van der Waals surface area (Å²) in [5, 5.41) is 0. The van der Waals surface area contributed by atoms with Gasteiger partial charge >= 0.3 is 0 Å². The summed E-state index contributed by atoms with van der Waals surface area (Å²) in [6.07, 6.45) is 2.31. The molecule has 1 amide bonds. The summed E-state index contributed by atoms with van der Waals surface area (Å²) in [4.78, 5) is 18.2. The molecule has 0 unspecified atom stereocenters. The molecular formula is C12H23N3O. The molecule has 0 spiro atoms. The zero-order valence-corrected chi connectivity index (χ0v) is 10.5. The summed E-state index contributed by atoms with van der Waals surface area (Å²) >= 11 is 0. The van der Waals surface area contributed by atoms with E-state index in [1.54, 1.807) is 6.92 Å². The van der Waals surface area contributed by atoms with E-state index < -0.39 is 0 Å². The van der Waals surface area contributed by atoms with Crippen molar-refractivity contribution in [2.24, 2.45) is 0 Å². The third-order valence-electron chi connectivity index (χ3n) is 3.96. The Morgan fingerprint density at radius 1 is 1.00 bits per heavy atom. The number of likely N-dealkylation sites (tertiary alicyclic amines) is 1. The highest BCUT2D eigenvalue weighted by Crippen LogP contribution is 2.17. The lowest BCUT2D eigenvalue weighted by molar-refractivity contribution is -0.130. The Morgan fingerprint density at radius 2 is 1.56 bits per heavy atom. The summed E-state index contributed by atoms with van der Waals surface area (Å²) in [6.45, 7) is 8.34. The first kappa shape index (κ1) is 11.9. The Hall–Kier alpha value is -0.610. The molecule has 0 radical (unpaired) electrons. The molecule has 0 aromatic carbocycles. The third-order valence-corrected chi connectivity index (χ3v) is 3.96. The minimum atomic E-state index is 0.233. The third kappa shape index (κ3) is 2.74. The number of rotatable bonds is 1. The fourth-order valence-corrected chi connectivity index (χ4v) is 2.73. The maximum atomic E-state index is 11.2. The van der Waals surface area contributed by atoms with Gasteiger partial charge in [0.2, 0.25) is 5.91 Å². The van der Waals surface area contributed by atoms with Crippen molar-refractivity contribution in [2.75, 3.05) is 46.3 Å². The van der Waals surface area contributed by atoms with Crippen molar-refractivity contribution in [1.82, 2.24) is 14.7 Å². The fraction of sp³-hybridized carbons (Fsp3) is 0.917. The van der Waals surface area contributed by atoms with E-state index in [2.05, 4.69) is 16.8 Å². The Balaban J connectivity index is 1.78. The maximum Gasteiger partial charge on any atom is 0.219 e. The molecule has 0 saturated carbocycles. The predicted octanol–water partition coefficient (Wildman–Crippen LogP) is 0.245. The summed E-state index contributed by atoms with van der Waals surface area (Å²) in [7, 11) is 2.19. The van der Waals surface area contributed by atoms with E-state index in [0.717, 1.165) is 25.9 Å². The molecule has 0 aromatic heterocycles. The lowest BCUT2D eigenvalue weighted by Crippen LogP contribution is -2.52. The topological polar surface area (TPSA) is 26.8 Å². The molecule has 0 N–H and O–H groups in total. The minimum absolute atomic E-state index is 0.233. The number of piperidine rings is 1. The van der Waals surface area contributed by atoms with Crippen LogP contribution in [0.5, 0.6) is 0 Å². The molecule has 0 atom stereocenters. The summed E-state index contributed by atoms with van der Waals surface area (Å²) in [6, 6.07) is 0.712. The van der Waals surface area contributed by atoms with Gasteiger partial charge in [0, 0.05) is 52.2 Å². The van der Waals surface area contributed by atoms with Crippen LogP contribution < -0.4 is 0 Å². The van der Waals surface area contributed by atoms with Crippen molar-refractivity contribution in [2.45, 2.75) is 25.8 Å². The molecule has 2 rings (SSSR count). The standard InChI is InChI=1S/C12H23N3O/c1-11(16)14-5-3-12(4-6-14)15-9-7-13(2)8-10-15/h12H,3-10H2,1-2H3. The summed E-state index contributed by atoms with van der Waals surface area (Å²) < 4.78 is 0. The zero-order valence-electron chi connectivity index (χ0n) is 10.5. The molecule has 2 aliphatic heterocycles. The lowest BCUT2D eigenvalue weighted by Gasteiger charge is -2.41. The van der Waals surface area contributed by atoms with E-state index in [-0.39, 0.29) is 5.91 Å². The number of amides is 1. The Morgan fingerprint density at radius 3 is 2.06 bits per heavy atom. The van der Waals surface area contributed by atoms with Crippen molar-refractivity contribution in [1.29, 1.82) is 0 Å². The van der Waals surface area contributed by atoms with Gasteiger partial charge in [0.1, 0.15) is 0 Å². The average molecular weight is 225 g/mol. The molecule has 0 aromatic rings. The van der Waals surface area contributed by atoms with Crippen LogP contribution >= 0.6 is 0 Å². The number of likely N-dealkylation sites (N-methyl/N-ethyl adjacent to an activating group) is 1. The van der Waals surface area contributed by atoms with Crippen LogP contribution in [0.4, 0.5) is 0 Å². The van der Waals surface area contributed by atoms with Gasteiger partial charge in [-0.25, -0.2) is 0 Å². The van der Waals surface area contributed by atoms with Crippen LogP contribution in [-0.2, 0) is 4.79 Å². The predicted molar refractivity (Wildman–Crippen MR) is 64.3 cm³/mol. The first-order chi connectivity index (χ1) is 7.66. The number of carbonyl (C=O) groups excluding carboxylic acids is 1. The molecule has 92 valence electrons. The molecule has 4 nitrogen and oxygen atoms in total. The number of hydrogen-bond acceptors (Lipinski definition) is 3. The molecule has 2 saturated heterocycles. The second-order valence-corrected chi connectivity index (χ2v) is 5.08. The Labute approximate surface area is 98.2 Å². The van der Waals surface area contributed by atoms with E-state index in [9.17, 15) is 4.79 Å². The highest BCUT2D eigenvalue weighted by Gasteiger charge is 2.27. The van der Waals surface area contributed by atoms with E-state index in [1.807, 2.05) is 4.90 Å². The van der Waals surface area contributed by atoms with Gasteiger partial charge in [-0.3, -0.25) is 9.69 Å². The molecular weight excluding hydrogens is 202 g/mol. The number of piperazine rings is 1. The lowest BCUT2D eigenvalue weighted by atomic mass is 10.0. The van der Waals surface area contributed by atoms with Crippen molar-refractivity contribution in [3.63, 3.8) is 0 Å². The molecule has 0 aliphatic carbocycles. The van der Waals surface area contributed by atoms with Crippen LogP contribution in [0.25, 0.3) is 0 Å². The summed E-state index contributed by atoms with van der Waals surface area (Å²) in [5.41, 5.74) is 0. The van der Waals surface area contributed by atoms with Crippen molar-refractivity contribution >= 4 is 5.91 Å². The highest BCUT2D eigenvalue weighted by molar-refractivity contribution is 5.73. The molecule has 2 aliphatic rings. The van der Waals surface area contributed by atoms with Crippen molar-refractivity contribution < 1.29 is 4.79 Å². The number of carbonyl (C=O) groups is 1. The van der Waals surface area contributed by atoms with Crippen LogP contribution in [-0.4, -0.2) is 73.0 Å².